The molecule has 5 heteroatoms. The van der Waals surface area contributed by atoms with Crippen LogP contribution in [0.4, 0.5) is 0 Å². The van der Waals surface area contributed by atoms with E-state index in [9.17, 15) is 9.59 Å². The standard InChI is InChI=1S/C19H29NO4/c1-6-15(5)20(13-12-18(21)23-7-2)19(22)16-8-10-17(11-9-16)24-14(3)4/h8-11,14-15H,6-7,12-13H2,1-5H3. The van der Waals surface area contributed by atoms with Gasteiger partial charge in [-0.2, -0.15) is 0 Å². The van der Waals surface area contributed by atoms with E-state index in [4.69, 9.17) is 9.47 Å². The molecule has 0 aliphatic rings. The van der Waals surface area contributed by atoms with Gasteiger partial charge < -0.3 is 14.4 Å². The van der Waals surface area contributed by atoms with Gasteiger partial charge in [0.05, 0.1) is 19.1 Å². The van der Waals surface area contributed by atoms with E-state index in [1.165, 1.54) is 0 Å². The van der Waals surface area contributed by atoms with Gasteiger partial charge in [-0.3, -0.25) is 9.59 Å². The summed E-state index contributed by atoms with van der Waals surface area (Å²) < 4.78 is 10.5. The first-order chi connectivity index (χ1) is 11.4. The smallest absolute Gasteiger partial charge is 0.307 e. The maximum atomic E-state index is 12.8. The Morgan fingerprint density at radius 3 is 2.21 bits per heavy atom. The fourth-order valence-corrected chi connectivity index (χ4v) is 2.30. The average molecular weight is 335 g/mol. The predicted molar refractivity (Wildman–Crippen MR) is 94.2 cm³/mol. The molecule has 0 N–H and O–H groups in total. The third-order valence-corrected chi connectivity index (χ3v) is 3.72. The Hall–Kier alpha value is -2.04. The van der Waals surface area contributed by atoms with Gasteiger partial charge in [-0.25, -0.2) is 0 Å². The average Bonchev–Trinajstić information content (AvgIpc) is 2.54. The predicted octanol–water partition coefficient (Wildman–Crippen LogP) is 3.67. The third kappa shape index (κ3) is 6.22. The second-order valence-corrected chi connectivity index (χ2v) is 6.00. The molecule has 0 aliphatic heterocycles. The molecule has 0 saturated heterocycles. The molecule has 0 aromatic heterocycles. The second-order valence-electron chi connectivity index (χ2n) is 6.00. The van der Waals surface area contributed by atoms with Crippen molar-refractivity contribution in [2.45, 2.75) is 59.6 Å². The molecule has 1 amide bonds. The highest BCUT2D eigenvalue weighted by atomic mass is 16.5. The molecule has 0 bridgehead atoms. The molecule has 134 valence electrons. The van der Waals surface area contributed by atoms with Gasteiger partial charge in [0.2, 0.25) is 0 Å². The van der Waals surface area contributed by atoms with E-state index in [0.29, 0.717) is 18.7 Å². The van der Waals surface area contributed by atoms with Crippen LogP contribution in [0.15, 0.2) is 24.3 Å². The summed E-state index contributed by atoms with van der Waals surface area (Å²) in [5.41, 5.74) is 0.593. The first-order valence-corrected chi connectivity index (χ1v) is 8.62. The lowest BCUT2D eigenvalue weighted by atomic mass is 10.1. The molecule has 1 unspecified atom stereocenters. The highest BCUT2D eigenvalue weighted by Gasteiger charge is 2.21. The van der Waals surface area contributed by atoms with E-state index >= 15 is 0 Å². The van der Waals surface area contributed by atoms with E-state index in [1.807, 2.05) is 27.7 Å². The van der Waals surface area contributed by atoms with E-state index in [-0.39, 0.29) is 30.4 Å². The number of nitrogens with zero attached hydrogens (tertiary/aromatic N) is 1. The minimum Gasteiger partial charge on any atom is -0.491 e. The zero-order chi connectivity index (χ0) is 18.1. The quantitative estimate of drug-likeness (QED) is 0.646. The molecule has 0 spiro atoms. The molecule has 5 nitrogen and oxygen atoms in total. The topological polar surface area (TPSA) is 55.8 Å². The number of carbonyl (C=O) groups is 2. The van der Waals surface area contributed by atoms with Crippen molar-refractivity contribution >= 4 is 11.9 Å². The molecular formula is C19H29NO4. The molecule has 1 aromatic carbocycles. The Bertz CT molecular complexity index is 525. The summed E-state index contributed by atoms with van der Waals surface area (Å²) in [6.45, 7) is 10.4. The number of hydrogen-bond donors (Lipinski definition) is 0. The van der Waals surface area contributed by atoms with Gasteiger partial charge in [-0.05, 0) is 58.4 Å². The summed E-state index contributed by atoms with van der Waals surface area (Å²) in [7, 11) is 0. The molecule has 1 aromatic rings. The number of rotatable bonds is 9. The van der Waals surface area contributed by atoms with Crippen LogP contribution in [0.1, 0.15) is 57.8 Å². The molecular weight excluding hydrogens is 306 g/mol. The van der Waals surface area contributed by atoms with Crippen molar-refractivity contribution in [1.29, 1.82) is 0 Å². The minimum absolute atomic E-state index is 0.0542. The van der Waals surface area contributed by atoms with Crippen molar-refractivity contribution in [3.63, 3.8) is 0 Å². The van der Waals surface area contributed by atoms with Gasteiger partial charge in [0.25, 0.3) is 5.91 Å². The van der Waals surface area contributed by atoms with Crippen LogP contribution >= 0.6 is 0 Å². The second kappa shape index (κ2) is 9.96. The molecule has 0 saturated carbocycles. The number of amides is 1. The van der Waals surface area contributed by atoms with Crippen molar-refractivity contribution in [3.8, 4) is 5.75 Å². The lowest BCUT2D eigenvalue weighted by Gasteiger charge is -2.28. The van der Waals surface area contributed by atoms with Crippen LogP contribution < -0.4 is 4.74 Å². The summed E-state index contributed by atoms with van der Waals surface area (Å²) in [4.78, 5) is 26.1. The Labute approximate surface area is 144 Å². The van der Waals surface area contributed by atoms with Gasteiger partial charge in [-0.1, -0.05) is 6.92 Å². The Morgan fingerprint density at radius 2 is 1.71 bits per heavy atom. The van der Waals surface area contributed by atoms with Crippen LogP contribution in [0.2, 0.25) is 0 Å². The fourth-order valence-electron chi connectivity index (χ4n) is 2.30. The van der Waals surface area contributed by atoms with E-state index in [0.717, 1.165) is 12.2 Å². The monoisotopic (exact) mass is 335 g/mol. The number of esters is 1. The van der Waals surface area contributed by atoms with Gasteiger partial charge in [0, 0.05) is 18.2 Å². The highest BCUT2D eigenvalue weighted by Crippen LogP contribution is 2.17. The number of carbonyl (C=O) groups excluding carboxylic acids is 2. The van der Waals surface area contributed by atoms with Crippen molar-refractivity contribution < 1.29 is 19.1 Å². The normalized spacial score (nSPS) is 11.9. The summed E-state index contributed by atoms with van der Waals surface area (Å²) >= 11 is 0. The molecule has 0 aliphatic carbocycles. The molecule has 1 rings (SSSR count). The van der Waals surface area contributed by atoms with Gasteiger partial charge >= 0.3 is 5.97 Å². The fraction of sp³-hybridized carbons (Fsp3) is 0.579. The third-order valence-electron chi connectivity index (χ3n) is 3.72. The van der Waals surface area contributed by atoms with E-state index < -0.39 is 0 Å². The summed E-state index contributed by atoms with van der Waals surface area (Å²) in [6, 6.07) is 7.18. The molecule has 0 heterocycles. The SMILES string of the molecule is CCOC(=O)CCN(C(=O)c1ccc(OC(C)C)cc1)C(C)CC. The van der Waals surface area contributed by atoms with E-state index in [2.05, 4.69) is 0 Å². The van der Waals surface area contributed by atoms with Crippen LogP contribution in [0, 0.1) is 0 Å². The summed E-state index contributed by atoms with van der Waals surface area (Å²) in [6.07, 6.45) is 1.12. The maximum absolute atomic E-state index is 12.8. The molecule has 0 radical (unpaired) electrons. The summed E-state index contributed by atoms with van der Waals surface area (Å²) in [5.74, 6) is 0.382. The maximum Gasteiger partial charge on any atom is 0.307 e. The zero-order valence-electron chi connectivity index (χ0n) is 15.4. The number of hydrogen-bond acceptors (Lipinski definition) is 4. The lowest BCUT2D eigenvalue weighted by molar-refractivity contribution is -0.143. The molecule has 0 fully saturated rings. The lowest BCUT2D eigenvalue weighted by Crippen LogP contribution is -2.39. The van der Waals surface area contributed by atoms with Gasteiger partial charge in [0.1, 0.15) is 5.75 Å². The van der Waals surface area contributed by atoms with Crippen molar-refractivity contribution in [1.82, 2.24) is 4.90 Å². The van der Waals surface area contributed by atoms with Gasteiger partial charge in [-0.15, -0.1) is 0 Å². The van der Waals surface area contributed by atoms with E-state index in [1.54, 1.807) is 36.1 Å². The number of ether oxygens (including phenoxy) is 2. The van der Waals surface area contributed by atoms with Crippen LogP contribution in [-0.2, 0) is 9.53 Å². The van der Waals surface area contributed by atoms with Crippen molar-refractivity contribution in [2.24, 2.45) is 0 Å². The number of benzene rings is 1. The zero-order valence-corrected chi connectivity index (χ0v) is 15.4. The highest BCUT2D eigenvalue weighted by molar-refractivity contribution is 5.94. The van der Waals surface area contributed by atoms with Crippen LogP contribution in [0.3, 0.4) is 0 Å². The first kappa shape index (κ1) is 20.0. The Morgan fingerprint density at radius 1 is 1.08 bits per heavy atom. The molecule has 24 heavy (non-hydrogen) atoms. The largest absolute Gasteiger partial charge is 0.491 e. The van der Waals surface area contributed by atoms with Gasteiger partial charge in [0.15, 0.2) is 0 Å². The molecule has 1 atom stereocenters. The van der Waals surface area contributed by atoms with Crippen LogP contribution in [0.5, 0.6) is 5.75 Å². The minimum atomic E-state index is -0.278. The summed E-state index contributed by atoms with van der Waals surface area (Å²) in [5, 5.41) is 0. The van der Waals surface area contributed by atoms with Crippen LogP contribution in [0.25, 0.3) is 0 Å². The first-order valence-electron chi connectivity index (χ1n) is 8.62. The van der Waals surface area contributed by atoms with Crippen LogP contribution in [-0.4, -0.2) is 42.1 Å². The Balaban J connectivity index is 2.81. The Kier molecular flexibility index (Phi) is 8.30. The van der Waals surface area contributed by atoms with Crippen molar-refractivity contribution in [3.05, 3.63) is 29.8 Å². The van der Waals surface area contributed by atoms with Crippen molar-refractivity contribution in [2.75, 3.05) is 13.2 Å².